The maximum atomic E-state index is 11.0. The number of hydrogen-bond acceptors (Lipinski definition) is 1. The second-order valence-electron chi connectivity index (χ2n) is 4.30. The predicted molar refractivity (Wildman–Crippen MR) is 85.1 cm³/mol. The number of benzene rings is 2. The average molecular weight is 260 g/mol. The van der Waals surface area contributed by atoms with E-state index in [0.717, 1.165) is 17.4 Å². The molecule has 0 fully saturated rings. The van der Waals surface area contributed by atoms with Gasteiger partial charge in [0.2, 0.25) is 0 Å². The Morgan fingerprint density at radius 1 is 0.750 bits per heavy atom. The lowest BCUT2D eigenvalue weighted by molar-refractivity contribution is -0.104. The van der Waals surface area contributed by atoms with Crippen LogP contribution in [0.15, 0.2) is 84.5 Å². The summed E-state index contributed by atoms with van der Waals surface area (Å²) in [6.07, 6.45) is 10.3. The molecular formula is C19H16O. The molecule has 0 spiro atoms. The Morgan fingerprint density at radius 2 is 1.35 bits per heavy atom. The van der Waals surface area contributed by atoms with E-state index >= 15 is 0 Å². The number of carbonyl (C=O) groups is 1. The summed E-state index contributed by atoms with van der Waals surface area (Å²) in [5, 5.41) is 0. The number of allylic oxidation sites excluding steroid dienone is 4. The van der Waals surface area contributed by atoms with Crippen molar-refractivity contribution in [2.45, 2.75) is 0 Å². The molecule has 0 radical (unpaired) electrons. The molecule has 0 heterocycles. The zero-order chi connectivity index (χ0) is 14.0. The van der Waals surface area contributed by atoms with Crippen molar-refractivity contribution < 1.29 is 4.79 Å². The van der Waals surface area contributed by atoms with Crippen molar-refractivity contribution in [3.05, 3.63) is 95.6 Å². The number of rotatable bonds is 5. The minimum Gasteiger partial charge on any atom is -0.298 e. The van der Waals surface area contributed by atoms with E-state index in [0.29, 0.717) is 5.57 Å². The van der Waals surface area contributed by atoms with E-state index in [4.69, 9.17) is 0 Å². The fraction of sp³-hybridized carbons (Fsp3) is 0. The fourth-order valence-corrected chi connectivity index (χ4v) is 1.76. The summed E-state index contributed by atoms with van der Waals surface area (Å²) in [4.78, 5) is 11.0. The van der Waals surface area contributed by atoms with E-state index in [2.05, 4.69) is 0 Å². The van der Waals surface area contributed by atoms with Crippen molar-refractivity contribution in [2.75, 3.05) is 0 Å². The van der Waals surface area contributed by atoms with Gasteiger partial charge >= 0.3 is 0 Å². The first-order chi connectivity index (χ1) is 9.88. The second kappa shape index (κ2) is 7.70. The van der Waals surface area contributed by atoms with Crippen LogP contribution in [0.4, 0.5) is 0 Å². The van der Waals surface area contributed by atoms with Crippen LogP contribution in [0.1, 0.15) is 11.1 Å². The monoisotopic (exact) mass is 260 g/mol. The highest BCUT2D eigenvalue weighted by Gasteiger charge is 1.90. The van der Waals surface area contributed by atoms with Crippen molar-refractivity contribution in [2.24, 2.45) is 0 Å². The Bertz CT molecular complexity index is 619. The molecule has 0 saturated heterocycles. The molecule has 0 aliphatic rings. The van der Waals surface area contributed by atoms with Gasteiger partial charge in [-0.05, 0) is 17.2 Å². The molecule has 98 valence electrons. The number of hydrogen-bond donors (Lipinski definition) is 0. The molecule has 2 rings (SSSR count). The summed E-state index contributed by atoms with van der Waals surface area (Å²) in [7, 11) is 0. The molecule has 0 N–H and O–H groups in total. The van der Waals surface area contributed by atoms with Crippen LogP contribution in [0.3, 0.4) is 0 Å². The van der Waals surface area contributed by atoms with Gasteiger partial charge in [-0.15, -0.1) is 0 Å². The Hall–Kier alpha value is -2.67. The van der Waals surface area contributed by atoms with E-state index in [1.807, 2.05) is 85.0 Å². The Labute approximate surface area is 119 Å². The number of carbonyl (C=O) groups excluding carboxylic acids is 1. The Balaban J connectivity index is 2.03. The standard InChI is InChI=1S/C19H16O/c20-16-19(15-18-12-5-2-6-13-18)14-8-7-11-17-9-3-1-4-10-17/h1-16H/b11-7+,14-8-,19-15+. The van der Waals surface area contributed by atoms with E-state index in [9.17, 15) is 4.79 Å². The lowest BCUT2D eigenvalue weighted by atomic mass is 10.1. The average Bonchev–Trinajstić information content (AvgIpc) is 2.52. The van der Waals surface area contributed by atoms with Crippen molar-refractivity contribution in [1.29, 1.82) is 0 Å². The van der Waals surface area contributed by atoms with Crippen molar-refractivity contribution in [1.82, 2.24) is 0 Å². The topological polar surface area (TPSA) is 17.1 Å². The van der Waals surface area contributed by atoms with E-state index in [1.54, 1.807) is 6.08 Å². The highest BCUT2D eigenvalue weighted by molar-refractivity contribution is 5.85. The van der Waals surface area contributed by atoms with Gasteiger partial charge < -0.3 is 0 Å². The van der Waals surface area contributed by atoms with Gasteiger partial charge in [0.15, 0.2) is 0 Å². The molecule has 20 heavy (non-hydrogen) atoms. The van der Waals surface area contributed by atoms with Crippen LogP contribution in [0.2, 0.25) is 0 Å². The van der Waals surface area contributed by atoms with E-state index in [1.165, 1.54) is 0 Å². The lowest BCUT2D eigenvalue weighted by Crippen LogP contribution is -1.79. The third-order valence-corrected chi connectivity index (χ3v) is 2.76. The summed E-state index contributed by atoms with van der Waals surface area (Å²) in [5.41, 5.74) is 2.80. The second-order valence-corrected chi connectivity index (χ2v) is 4.30. The van der Waals surface area contributed by atoms with Gasteiger partial charge in [0.05, 0.1) is 0 Å². The van der Waals surface area contributed by atoms with Crippen molar-refractivity contribution in [3.8, 4) is 0 Å². The molecule has 2 aromatic rings. The molecule has 0 bridgehead atoms. The quantitative estimate of drug-likeness (QED) is 0.438. The molecule has 1 heteroatoms. The largest absolute Gasteiger partial charge is 0.298 e. The zero-order valence-corrected chi connectivity index (χ0v) is 11.1. The molecule has 2 aromatic carbocycles. The minimum absolute atomic E-state index is 0.647. The van der Waals surface area contributed by atoms with Crippen molar-refractivity contribution >= 4 is 18.4 Å². The van der Waals surface area contributed by atoms with Crippen LogP contribution in [-0.4, -0.2) is 6.29 Å². The normalized spacial score (nSPS) is 12.1. The van der Waals surface area contributed by atoms with Crippen LogP contribution in [0, 0.1) is 0 Å². The van der Waals surface area contributed by atoms with Gasteiger partial charge in [-0.1, -0.05) is 85.0 Å². The molecule has 0 unspecified atom stereocenters. The third kappa shape index (κ3) is 4.54. The van der Waals surface area contributed by atoms with Gasteiger partial charge in [0, 0.05) is 5.57 Å². The molecule has 0 aromatic heterocycles. The van der Waals surface area contributed by atoms with Gasteiger partial charge in [0.1, 0.15) is 6.29 Å². The highest BCUT2D eigenvalue weighted by Crippen LogP contribution is 2.06. The lowest BCUT2D eigenvalue weighted by Gasteiger charge is -1.93. The summed E-state index contributed by atoms with van der Waals surface area (Å²) in [6.45, 7) is 0. The molecule has 0 saturated carbocycles. The smallest absolute Gasteiger partial charge is 0.150 e. The molecule has 0 atom stereocenters. The van der Waals surface area contributed by atoms with Crippen LogP contribution in [-0.2, 0) is 4.79 Å². The molecule has 1 nitrogen and oxygen atoms in total. The van der Waals surface area contributed by atoms with Gasteiger partial charge in [-0.25, -0.2) is 0 Å². The van der Waals surface area contributed by atoms with Crippen LogP contribution < -0.4 is 0 Å². The molecular weight excluding hydrogens is 244 g/mol. The Morgan fingerprint density at radius 3 is 1.95 bits per heavy atom. The maximum Gasteiger partial charge on any atom is 0.150 e. The number of aldehydes is 1. The predicted octanol–water partition coefficient (Wildman–Crippen LogP) is 4.54. The molecule has 0 aliphatic carbocycles. The van der Waals surface area contributed by atoms with Gasteiger partial charge in [-0.2, -0.15) is 0 Å². The first kappa shape index (κ1) is 13.8. The summed E-state index contributed by atoms with van der Waals surface area (Å²) < 4.78 is 0. The molecule has 0 amide bonds. The van der Waals surface area contributed by atoms with Crippen molar-refractivity contribution in [3.63, 3.8) is 0 Å². The summed E-state index contributed by atoms with van der Waals surface area (Å²) in [6, 6.07) is 19.8. The van der Waals surface area contributed by atoms with Gasteiger partial charge in [-0.3, -0.25) is 4.79 Å². The van der Waals surface area contributed by atoms with Crippen LogP contribution >= 0.6 is 0 Å². The van der Waals surface area contributed by atoms with Crippen LogP contribution in [0.5, 0.6) is 0 Å². The summed E-state index contributed by atoms with van der Waals surface area (Å²) in [5.74, 6) is 0. The SMILES string of the molecule is O=CC(/C=C\C=C\c1ccccc1)=C/c1ccccc1. The minimum atomic E-state index is 0.647. The first-order valence-corrected chi connectivity index (χ1v) is 6.50. The van der Waals surface area contributed by atoms with Crippen LogP contribution in [0.25, 0.3) is 12.2 Å². The summed E-state index contributed by atoms with van der Waals surface area (Å²) >= 11 is 0. The highest BCUT2D eigenvalue weighted by atomic mass is 16.1. The van der Waals surface area contributed by atoms with Gasteiger partial charge in [0.25, 0.3) is 0 Å². The molecule has 0 aliphatic heterocycles. The first-order valence-electron chi connectivity index (χ1n) is 6.50. The maximum absolute atomic E-state index is 11.0. The van der Waals surface area contributed by atoms with E-state index < -0.39 is 0 Å². The van der Waals surface area contributed by atoms with E-state index in [-0.39, 0.29) is 0 Å². The Kier molecular flexibility index (Phi) is 5.29. The fourth-order valence-electron chi connectivity index (χ4n) is 1.76. The zero-order valence-electron chi connectivity index (χ0n) is 11.1. The third-order valence-electron chi connectivity index (χ3n) is 2.76.